The Morgan fingerprint density at radius 1 is 0.524 bits per heavy atom. The fourth-order valence-electron chi connectivity index (χ4n) is 5.70. The molecule has 3 saturated heterocycles. The SMILES string of the molecule is NC[C@@H]1O[C@H](OC2C(O)[C@H](OC3C(O)[C@H](N)CC(N)[C@H]3O[C@H]3OC(CO)[C@@H](O)C(O)C3N)O[C@@H]2CO)C(N)C(O)[C@@H]1O. The van der Waals surface area contributed by atoms with Crippen LogP contribution in [-0.4, -0.2) is 177 Å². The third-order valence-corrected chi connectivity index (χ3v) is 8.32. The maximum absolute atomic E-state index is 11.1. The summed E-state index contributed by atoms with van der Waals surface area (Å²) in [6.45, 7) is -1.49. The van der Waals surface area contributed by atoms with E-state index in [1.165, 1.54) is 0 Å². The van der Waals surface area contributed by atoms with E-state index in [2.05, 4.69) is 0 Å². The molecule has 0 bridgehead atoms. The van der Waals surface area contributed by atoms with Gasteiger partial charge < -0.3 is 97.9 Å². The van der Waals surface area contributed by atoms with Gasteiger partial charge in [0.15, 0.2) is 18.9 Å². The van der Waals surface area contributed by atoms with Crippen LogP contribution in [0.5, 0.6) is 0 Å². The summed E-state index contributed by atoms with van der Waals surface area (Å²) in [5.41, 5.74) is 29.9. The van der Waals surface area contributed by atoms with E-state index in [0.717, 1.165) is 0 Å². The van der Waals surface area contributed by atoms with Crippen LogP contribution >= 0.6 is 0 Å². The van der Waals surface area contributed by atoms with Crippen molar-refractivity contribution in [2.45, 2.75) is 123 Å². The maximum atomic E-state index is 11.1. The standard InChI is InChI=1S/C23H45N5O14/c24-2-7-13(32)15(34)10(27)21(37-7)41-19-9(4-30)39-23(17(19)36)42-20-12(31)5(25)1-6(26)18(20)40-22-11(28)16(35)14(33)8(3-29)38-22/h5-23,29-36H,1-4,24-28H2/t5-,6?,7+,8?,9-,10?,11?,12?,13-,14-,15?,16?,17?,18-,19?,20?,21-,22-,23+/m1/s1. The predicted octanol–water partition coefficient (Wildman–Crippen LogP) is -8.86. The average Bonchev–Trinajstić information content (AvgIpc) is 3.27. The fourth-order valence-corrected chi connectivity index (χ4v) is 5.70. The van der Waals surface area contributed by atoms with Gasteiger partial charge in [0.05, 0.1) is 31.4 Å². The maximum Gasteiger partial charge on any atom is 0.187 e. The van der Waals surface area contributed by atoms with Crippen LogP contribution < -0.4 is 28.7 Å². The minimum Gasteiger partial charge on any atom is -0.394 e. The summed E-state index contributed by atoms with van der Waals surface area (Å²) in [5, 5.41) is 82.3. The zero-order chi connectivity index (χ0) is 31.0. The van der Waals surface area contributed by atoms with Crippen LogP contribution in [0.25, 0.3) is 0 Å². The molecule has 18 N–H and O–H groups in total. The fraction of sp³-hybridized carbons (Fsp3) is 1.00. The van der Waals surface area contributed by atoms with Gasteiger partial charge in [-0.1, -0.05) is 0 Å². The molecule has 10 unspecified atom stereocenters. The summed E-state index contributed by atoms with van der Waals surface area (Å²) in [7, 11) is 0. The molecule has 246 valence electrons. The van der Waals surface area contributed by atoms with Crippen LogP contribution in [0.2, 0.25) is 0 Å². The molecule has 1 aliphatic carbocycles. The molecule has 0 aromatic rings. The topological polar surface area (TPSA) is 347 Å². The van der Waals surface area contributed by atoms with E-state index < -0.39 is 129 Å². The Bertz CT molecular complexity index is 866. The first kappa shape index (κ1) is 34.1. The van der Waals surface area contributed by atoms with Crippen molar-refractivity contribution in [1.82, 2.24) is 0 Å². The van der Waals surface area contributed by atoms with Crippen molar-refractivity contribution in [2.75, 3.05) is 19.8 Å². The second kappa shape index (κ2) is 14.1. The Balaban J connectivity index is 1.50. The first-order chi connectivity index (χ1) is 19.8. The summed E-state index contributed by atoms with van der Waals surface area (Å²) >= 11 is 0. The van der Waals surface area contributed by atoms with Crippen LogP contribution in [0.3, 0.4) is 0 Å². The van der Waals surface area contributed by atoms with Gasteiger partial charge >= 0.3 is 0 Å². The molecule has 0 aromatic carbocycles. The van der Waals surface area contributed by atoms with E-state index in [0.29, 0.717) is 0 Å². The highest BCUT2D eigenvalue weighted by molar-refractivity contribution is 5.02. The highest BCUT2D eigenvalue weighted by atomic mass is 16.8. The number of aliphatic hydroxyl groups excluding tert-OH is 8. The van der Waals surface area contributed by atoms with Gasteiger partial charge in [-0.15, -0.1) is 0 Å². The van der Waals surface area contributed by atoms with Crippen LogP contribution in [0.4, 0.5) is 0 Å². The quantitative estimate of drug-likeness (QED) is 0.114. The Kier molecular flexibility index (Phi) is 11.5. The molecule has 0 spiro atoms. The van der Waals surface area contributed by atoms with Crippen molar-refractivity contribution < 1.29 is 69.3 Å². The third-order valence-electron chi connectivity index (χ3n) is 8.32. The van der Waals surface area contributed by atoms with E-state index in [1.807, 2.05) is 0 Å². The summed E-state index contributed by atoms with van der Waals surface area (Å²) in [6, 6.07) is -4.30. The molecule has 19 nitrogen and oxygen atoms in total. The van der Waals surface area contributed by atoms with Crippen LogP contribution in [-0.2, 0) is 28.4 Å². The van der Waals surface area contributed by atoms with Gasteiger partial charge in [-0.25, -0.2) is 0 Å². The number of nitrogens with two attached hydrogens (primary N) is 5. The number of rotatable bonds is 9. The van der Waals surface area contributed by atoms with Crippen molar-refractivity contribution >= 4 is 0 Å². The van der Waals surface area contributed by atoms with E-state index in [4.69, 9.17) is 57.1 Å². The molecule has 4 fully saturated rings. The lowest BCUT2D eigenvalue weighted by Gasteiger charge is -2.47. The summed E-state index contributed by atoms with van der Waals surface area (Å²) in [6.07, 6.45) is -20.5. The normalized spacial score (nSPS) is 53.8. The monoisotopic (exact) mass is 615 g/mol. The summed E-state index contributed by atoms with van der Waals surface area (Å²) in [5.74, 6) is 0. The molecule has 4 rings (SSSR count). The van der Waals surface area contributed by atoms with E-state index >= 15 is 0 Å². The zero-order valence-corrected chi connectivity index (χ0v) is 22.7. The highest BCUT2D eigenvalue weighted by Crippen LogP contribution is 2.34. The molecule has 19 heteroatoms. The largest absolute Gasteiger partial charge is 0.394 e. The minimum absolute atomic E-state index is 0.0642. The second-order valence-electron chi connectivity index (χ2n) is 11.2. The van der Waals surface area contributed by atoms with Crippen LogP contribution in [0, 0.1) is 0 Å². The van der Waals surface area contributed by atoms with Crippen molar-refractivity contribution in [2.24, 2.45) is 28.7 Å². The average molecular weight is 616 g/mol. The predicted molar refractivity (Wildman–Crippen MR) is 136 cm³/mol. The Labute approximate surface area is 240 Å². The van der Waals surface area contributed by atoms with E-state index in [9.17, 15) is 40.9 Å². The van der Waals surface area contributed by atoms with Crippen molar-refractivity contribution in [3.63, 3.8) is 0 Å². The van der Waals surface area contributed by atoms with Crippen molar-refractivity contribution in [1.29, 1.82) is 0 Å². The number of hydrogen-bond acceptors (Lipinski definition) is 19. The first-order valence-corrected chi connectivity index (χ1v) is 13.8. The van der Waals surface area contributed by atoms with Gasteiger partial charge in [-0.2, -0.15) is 0 Å². The van der Waals surface area contributed by atoms with Crippen molar-refractivity contribution in [3.05, 3.63) is 0 Å². The molecule has 42 heavy (non-hydrogen) atoms. The number of aliphatic hydroxyl groups is 8. The molecule has 4 aliphatic rings. The lowest BCUT2D eigenvalue weighted by atomic mass is 9.84. The molecular weight excluding hydrogens is 570 g/mol. The summed E-state index contributed by atoms with van der Waals surface area (Å²) < 4.78 is 34.4. The Hall–Kier alpha value is -0.760. The van der Waals surface area contributed by atoms with Crippen LogP contribution in [0.15, 0.2) is 0 Å². The Morgan fingerprint density at radius 3 is 1.55 bits per heavy atom. The molecular formula is C23H45N5O14. The third kappa shape index (κ3) is 6.60. The molecule has 3 aliphatic heterocycles. The number of ether oxygens (including phenoxy) is 6. The minimum atomic E-state index is -1.62. The molecule has 1 saturated carbocycles. The molecule has 0 radical (unpaired) electrons. The second-order valence-corrected chi connectivity index (χ2v) is 11.2. The smallest absolute Gasteiger partial charge is 0.187 e. The van der Waals surface area contributed by atoms with Gasteiger partial charge in [0.2, 0.25) is 0 Å². The molecule has 3 heterocycles. The van der Waals surface area contributed by atoms with Gasteiger partial charge in [0.1, 0.15) is 67.1 Å². The lowest BCUT2D eigenvalue weighted by molar-refractivity contribution is -0.310. The zero-order valence-electron chi connectivity index (χ0n) is 22.7. The first-order valence-electron chi connectivity index (χ1n) is 13.8. The molecule has 0 aromatic heterocycles. The van der Waals surface area contributed by atoms with Gasteiger partial charge in [-0.05, 0) is 6.42 Å². The molecule has 0 amide bonds. The van der Waals surface area contributed by atoms with Gasteiger partial charge in [0, 0.05) is 18.6 Å². The van der Waals surface area contributed by atoms with E-state index in [1.54, 1.807) is 0 Å². The number of hydrogen-bond donors (Lipinski definition) is 13. The Morgan fingerprint density at radius 2 is 1.00 bits per heavy atom. The van der Waals surface area contributed by atoms with E-state index in [-0.39, 0.29) is 13.0 Å². The van der Waals surface area contributed by atoms with Gasteiger partial charge in [-0.3, -0.25) is 0 Å². The van der Waals surface area contributed by atoms with Gasteiger partial charge in [0.25, 0.3) is 0 Å². The lowest BCUT2D eigenvalue weighted by Crippen LogP contribution is -2.68. The van der Waals surface area contributed by atoms with Crippen LogP contribution in [0.1, 0.15) is 6.42 Å². The molecule has 19 atom stereocenters. The summed E-state index contributed by atoms with van der Waals surface area (Å²) in [4.78, 5) is 0. The highest BCUT2D eigenvalue weighted by Gasteiger charge is 2.54. The van der Waals surface area contributed by atoms with Crippen molar-refractivity contribution in [3.8, 4) is 0 Å².